The monoisotopic (exact) mass is 414 g/mol. The van der Waals surface area contributed by atoms with Gasteiger partial charge in [-0.2, -0.15) is 0 Å². The van der Waals surface area contributed by atoms with Gasteiger partial charge in [-0.15, -0.1) is 0 Å². The Hall–Kier alpha value is -3.55. The van der Waals surface area contributed by atoms with E-state index in [4.69, 9.17) is 14.2 Å². The second-order valence-electron chi connectivity index (χ2n) is 6.60. The van der Waals surface area contributed by atoms with Gasteiger partial charge in [0.25, 0.3) is 11.5 Å². The van der Waals surface area contributed by atoms with E-state index in [9.17, 15) is 14.0 Å². The molecule has 0 aliphatic rings. The van der Waals surface area contributed by atoms with Crippen LogP contribution >= 0.6 is 0 Å². The third kappa shape index (κ3) is 3.80. The van der Waals surface area contributed by atoms with Crippen LogP contribution in [-0.4, -0.2) is 38.3 Å². The van der Waals surface area contributed by atoms with E-state index >= 15 is 0 Å². The molecule has 158 valence electrons. The van der Waals surface area contributed by atoms with Crippen molar-refractivity contribution in [1.29, 1.82) is 0 Å². The molecular formula is C22H23FN2O5. The van der Waals surface area contributed by atoms with Gasteiger partial charge in [-0.05, 0) is 36.2 Å². The normalized spacial score (nSPS) is 10.7. The molecule has 0 aliphatic heterocycles. The molecule has 0 saturated heterocycles. The van der Waals surface area contributed by atoms with E-state index in [1.807, 2.05) is 12.1 Å². The summed E-state index contributed by atoms with van der Waals surface area (Å²) in [6.07, 6.45) is 0.497. The van der Waals surface area contributed by atoms with E-state index in [2.05, 4.69) is 5.32 Å². The Bertz CT molecular complexity index is 1160. The summed E-state index contributed by atoms with van der Waals surface area (Å²) >= 11 is 0. The summed E-state index contributed by atoms with van der Waals surface area (Å²) in [7, 11) is 5.90. The number of aryl methyl sites for hydroxylation is 1. The summed E-state index contributed by atoms with van der Waals surface area (Å²) in [6.45, 7) is 0.260. The first-order chi connectivity index (χ1) is 14.4. The van der Waals surface area contributed by atoms with Crippen LogP contribution in [0.3, 0.4) is 0 Å². The first-order valence-corrected chi connectivity index (χ1v) is 9.27. The molecule has 7 nitrogen and oxygen atoms in total. The minimum absolute atomic E-state index is 0.0742. The van der Waals surface area contributed by atoms with E-state index in [1.54, 1.807) is 26.4 Å². The molecule has 2 aromatic carbocycles. The molecule has 0 atom stereocenters. The van der Waals surface area contributed by atoms with Crippen LogP contribution in [0, 0.1) is 5.82 Å². The average molecular weight is 414 g/mol. The number of methoxy groups -OCH3 is 3. The predicted molar refractivity (Wildman–Crippen MR) is 111 cm³/mol. The Morgan fingerprint density at radius 1 is 1.07 bits per heavy atom. The van der Waals surface area contributed by atoms with E-state index in [0.717, 1.165) is 5.56 Å². The van der Waals surface area contributed by atoms with Crippen molar-refractivity contribution in [3.8, 4) is 17.2 Å². The van der Waals surface area contributed by atoms with Crippen molar-refractivity contribution < 1.29 is 23.4 Å². The Morgan fingerprint density at radius 2 is 1.80 bits per heavy atom. The predicted octanol–water partition coefficient (Wildman–Crippen LogP) is 2.68. The van der Waals surface area contributed by atoms with Crippen molar-refractivity contribution in [3.63, 3.8) is 0 Å². The quantitative estimate of drug-likeness (QED) is 0.643. The lowest BCUT2D eigenvalue weighted by Crippen LogP contribution is -2.34. The summed E-state index contributed by atoms with van der Waals surface area (Å²) in [5.74, 6) is -0.0780. The second-order valence-corrected chi connectivity index (χ2v) is 6.60. The lowest BCUT2D eigenvalue weighted by molar-refractivity contribution is 0.0949. The van der Waals surface area contributed by atoms with Crippen molar-refractivity contribution in [1.82, 2.24) is 9.88 Å². The molecule has 1 aromatic heterocycles. The van der Waals surface area contributed by atoms with Crippen LogP contribution < -0.4 is 25.1 Å². The molecule has 0 unspecified atom stereocenters. The van der Waals surface area contributed by atoms with Gasteiger partial charge in [-0.25, -0.2) is 4.39 Å². The lowest BCUT2D eigenvalue weighted by Gasteiger charge is -2.15. The van der Waals surface area contributed by atoms with E-state index in [1.165, 1.54) is 30.9 Å². The van der Waals surface area contributed by atoms with Crippen LogP contribution in [0.25, 0.3) is 10.9 Å². The highest BCUT2D eigenvalue weighted by Crippen LogP contribution is 2.30. The maximum Gasteiger partial charge on any atom is 0.267 e. The zero-order valence-electron chi connectivity index (χ0n) is 17.2. The fourth-order valence-corrected chi connectivity index (χ4v) is 3.37. The number of amides is 1. The second kappa shape index (κ2) is 8.86. The van der Waals surface area contributed by atoms with Gasteiger partial charge in [-0.1, -0.05) is 12.1 Å². The Labute approximate surface area is 173 Å². The van der Waals surface area contributed by atoms with Crippen LogP contribution in [-0.2, 0) is 13.5 Å². The van der Waals surface area contributed by atoms with Crippen molar-refractivity contribution in [3.05, 3.63) is 63.7 Å². The number of hydrogen-bond donors (Lipinski definition) is 1. The number of rotatable bonds is 7. The average Bonchev–Trinajstić information content (AvgIpc) is 2.75. The zero-order chi connectivity index (χ0) is 21.8. The number of carbonyl (C=O) groups is 1. The minimum atomic E-state index is -0.627. The molecule has 30 heavy (non-hydrogen) atoms. The molecule has 0 aliphatic carbocycles. The van der Waals surface area contributed by atoms with Crippen molar-refractivity contribution >= 4 is 16.8 Å². The number of hydrogen-bond acceptors (Lipinski definition) is 5. The Morgan fingerprint density at radius 3 is 2.47 bits per heavy atom. The van der Waals surface area contributed by atoms with Crippen LogP contribution in [0.1, 0.15) is 15.9 Å². The molecule has 0 saturated carbocycles. The molecule has 0 fully saturated rings. The number of aromatic nitrogens is 1. The molecule has 0 radical (unpaired) electrons. The first kappa shape index (κ1) is 21.2. The number of ether oxygens (including phenoxy) is 3. The Balaban J connectivity index is 1.86. The minimum Gasteiger partial charge on any atom is -0.495 e. The highest BCUT2D eigenvalue weighted by atomic mass is 19.1. The third-order valence-electron chi connectivity index (χ3n) is 4.90. The highest BCUT2D eigenvalue weighted by molar-refractivity contribution is 6.02. The van der Waals surface area contributed by atoms with Gasteiger partial charge in [0.2, 0.25) is 0 Å². The maximum atomic E-state index is 14.4. The molecule has 3 aromatic rings. The molecule has 1 N–H and O–H groups in total. The molecule has 1 amide bonds. The van der Waals surface area contributed by atoms with Crippen LogP contribution in [0.15, 0.2) is 41.2 Å². The standard InChI is InChI=1S/C22H23FN2O5/c1-25-15-7-5-6-14(23)18(15)20(30-4)19(22(25)27)21(26)24-11-10-13-8-9-16(28-2)17(12-13)29-3/h5-9,12H,10-11H2,1-4H3,(H,24,26). The fourth-order valence-electron chi connectivity index (χ4n) is 3.37. The highest BCUT2D eigenvalue weighted by Gasteiger charge is 2.23. The lowest BCUT2D eigenvalue weighted by atomic mass is 10.1. The van der Waals surface area contributed by atoms with E-state index in [-0.39, 0.29) is 23.2 Å². The van der Waals surface area contributed by atoms with E-state index < -0.39 is 17.3 Å². The number of benzene rings is 2. The molecule has 3 rings (SSSR count). The van der Waals surface area contributed by atoms with Crippen LogP contribution in [0.4, 0.5) is 4.39 Å². The van der Waals surface area contributed by atoms with Gasteiger partial charge in [0, 0.05) is 13.6 Å². The summed E-state index contributed by atoms with van der Waals surface area (Å²) in [5.41, 5.74) is 0.467. The van der Waals surface area contributed by atoms with Gasteiger partial charge >= 0.3 is 0 Å². The molecular weight excluding hydrogens is 391 g/mol. The Kier molecular flexibility index (Phi) is 6.25. The number of carbonyl (C=O) groups excluding carboxylic acids is 1. The van der Waals surface area contributed by atoms with Crippen molar-refractivity contribution in [2.75, 3.05) is 27.9 Å². The number of halogens is 1. The number of nitrogens with zero attached hydrogens (tertiary/aromatic N) is 1. The fraction of sp³-hybridized carbons (Fsp3) is 0.273. The van der Waals surface area contributed by atoms with Gasteiger partial charge in [-0.3, -0.25) is 9.59 Å². The zero-order valence-corrected chi connectivity index (χ0v) is 17.2. The van der Waals surface area contributed by atoms with Crippen LogP contribution in [0.2, 0.25) is 0 Å². The topological polar surface area (TPSA) is 78.8 Å². The summed E-state index contributed by atoms with van der Waals surface area (Å²) in [4.78, 5) is 25.6. The van der Waals surface area contributed by atoms with Gasteiger partial charge in [0.15, 0.2) is 11.5 Å². The molecule has 8 heteroatoms. The SMILES string of the molecule is COc1ccc(CCNC(=O)c2c(OC)c3c(F)cccc3n(C)c2=O)cc1OC. The van der Waals surface area contributed by atoms with Crippen molar-refractivity contribution in [2.45, 2.75) is 6.42 Å². The molecule has 0 bridgehead atoms. The smallest absolute Gasteiger partial charge is 0.267 e. The number of fused-ring (bicyclic) bond motifs is 1. The number of nitrogens with one attached hydrogen (secondary N) is 1. The van der Waals surface area contributed by atoms with Gasteiger partial charge in [0.05, 0.1) is 32.2 Å². The first-order valence-electron chi connectivity index (χ1n) is 9.27. The summed E-state index contributed by atoms with van der Waals surface area (Å²) in [6, 6.07) is 9.81. The van der Waals surface area contributed by atoms with Crippen molar-refractivity contribution in [2.24, 2.45) is 7.05 Å². The molecule has 0 spiro atoms. The van der Waals surface area contributed by atoms with Gasteiger partial charge < -0.3 is 24.1 Å². The third-order valence-corrected chi connectivity index (χ3v) is 4.90. The maximum absolute atomic E-state index is 14.4. The van der Waals surface area contributed by atoms with Crippen LogP contribution in [0.5, 0.6) is 17.2 Å². The largest absolute Gasteiger partial charge is 0.495 e. The number of pyridine rings is 1. The molecule has 1 heterocycles. The summed E-state index contributed by atoms with van der Waals surface area (Å²) in [5, 5.41) is 2.80. The van der Waals surface area contributed by atoms with Gasteiger partial charge in [0.1, 0.15) is 17.1 Å². The summed E-state index contributed by atoms with van der Waals surface area (Å²) < 4.78 is 31.4. The van der Waals surface area contributed by atoms with E-state index in [0.29, 0.717) is 23.4 Å².